The van der Waals surface area contributed by atoms with Crippen LogP contribution in [0, 0.1) is 13.8 Å². The minimum absolute atomic E-state index is 0.0796. The van der Waals surface area contributed by atoms with Crippen LogP contribution in [0.25, 0.3) is 0 Å². The van der Waals surface area contributed by atoms with Gasteiger partial charge in [-0.15, -0.1) is 0 Å². The monoisotopic (exact) mass is 367 g/mol. The van der Waals surface area contributed by atoms with Crippen LogP contribution in [0.1, 0.15) is 58.9 Å². The van der Waals surface area contributed by atoms with Gasteiger partial charge in [0.2, 0.25) is 0 Å². The number of anilines is 1. The molecular formula is C22H29N3O2. The lowest BCUT2D eigenvalue weighted by Gasteiger charge is -2.36. The molecule has 0 radical (unpaired) electrons. The summed E-state index contributed by atoms with van der Waals surface area (Å²) in [5, 5.41) is 0. The van der Waals surface area contributed by atoms with Crippen LogP contribution in [-0.2, 0) is 0 Å². The van der Waals surface area contributed by atoms with Crippen molar-refractivity contribution in [2.75, 3.05) is 31.1 Å². The number of benzene rings is 1. The van der Waals surface area contributed by atoms with Crippen molar-refractivity contribution in [3.05, 3.63) is 52.8 Å². The van der Waals surface area contributed by atoms with Crippen molar-refractivity contribution in [1.29, 1.82) is 0 Å². The highest BCUT2D eigenvalue weighted by Gasteiger charge is 2.25. The molecule has 1 aliphatic heterocycles. The molecule has 5 nitrogen and oxygen atoms in total. The normalized spacial score (nSPS) is 14.7. The number of carbonyl (C=O) groups excluding carboxylic acids is 2. The van der Waals surface area contributed by atoms with E-state index in [1.165, 1.54) is 0 Å². The lowest BCUT2D eigenvalue weighted by atomic mass is 10.1. The van der Waals surface area contributed by atoms with Crippen molar-refractivity contribution >= 4 is 17.4 Å². The Bertz CT molecular complexity index is 841. The van der Waals surface area contributed by atoms with Crippen LogP contribution in [0.15, 0.2) is 30.3 Å². The number of piperazine rings is 1. The quantitative estimate of drug-likeness (QED) is 0.771. The Morgan fingerprint density at radius 1 is 0.963 bits per heavy atom. The average Bonchev–Trinajstić information content (AvgIpc) is 2.95. The van der Waals surface area contributed by atoms with Crippen LogP contribution >= 0.6 is 0 Å². The van der Waals surface area contributed by atoms with Crippen LogP contribution in [0.4, 0.5) is 5.69 Å². The van der Waals surface area contributed by atoms with Crippen LogP contribution < -0.4 is 4.90 Å². The van der Waals surface area contributed by atoms with E-state index in [1.54, 1.807) is 6.92 Å². The van der Waals surface area contributed by atoms with Gasteiger partial charge in [-0.2, -0.15) is 0 Å². The fraction of sp³-hybridized carbons (Fsp3) is 0.455. The topological polar surface area (TPSA) is 45.6 Å². The molecule has 0 unspecified atom stereocenters. The Balaban J connectivity index is 1.68. The molecule has 5 heteroatoms. The third kappa shape index (κ3) is 3.77. The summed E-state index contributed by atoms with van der Waals surface area (Å²) >= 11 is 0. The van der Waals surface area contributed by atoms with Gasteiger partial charge >= 0.3 is 0 Å². The van der Waals surface area contributed by atoms with Gasteiger partial charge in [0.1, 0.15) is 0 Å². The first-order chi connectivity index (χ1) is 12.8. The highest BCUT2D eigenvalue weighted by Crippen LogP contribution is 2.23. The fourth-order valence-corrected chi connectivity index (χ4v) is 4.03. The van der Waals surface area contributed by atoms with Gasteiger partial charge in [0.05, 0.1) is 5.56 Å². The summed E-state index contributed by atoms with van der Waals surface area (Å²) in [5.41, 5.74) is 4.84. The highest BCUT2D eigenvalue weighted by atomic mass is 16.2. The van der Waals surface area contributed by atoms with E-state index in [4.69, 9.17) is 0 Å². The van der Waals surface area contributed by atoms with Gasteiger partial charge < -0.3 is 14.4 Å². The maximum atomic E-state index is 13.0. The second kappa shape index (κ2) is 7.59. The minimum atomic E-state index is 0.0796. The molecule has 0 aliphatic carbocycles. The minimum Gasteiger partial charge on any atom is -0.368 e. The maximum absolute atomic E-state index is 13.0. The highest BCUT2D eigenvalue weighted by molar-refractivity contribution is 5.96. The molecule has 0 N–H and O–H groups in total. The number of hydrogen-bond donors (Lipinski definition) is 0. The number of amides is 1. The first-order valence-electron chi connectivity index (χ1n) is 9.63. The zero-order chi connectivity index (χ0) is 19.7. The van der Waals surface area contributed by atoms with Crippen molar-refractivity contribution in [2.24, 2.45) is 0 Å². The zero-order valence-corrected chi connectivity index (χ0v) is 17.0. The molecular weight excluding hydrogens is 338 g/mol. The number of carbonyl (C=O) groups is 2. The standard InChI is InChI=1S/C22H29N3O2/c1-15(2)25-16(3)14-21(17(25)4)22(27)24-12-10-23(11-13-24)20-8-6-19(7-9-20)18(5)26/h6-9,14-15H,10-13H2,1-5H3. The van der Waals surface area contributed by atoms with Gasteiger partial charge in [0.15, 0.2) is 5.78 Å². The Kier molecular flexibility index (Phi) is 5.40. The molecule has 0 saturated carbocycles. The Labute approximate surface area is 161 Å². The van der Waals surface area contributed by atoms with Crippen LogP contribution in [0.3, 0.4) is 0 Å². The van der Waals surface area contributed by atoms with Crippen LogP contribution in [0.5, 0.6) is 0 Å². The molecule has 0 spiro atoms. The second-order valence-electron chi connectivity index (χ2n) is 7.63. The lowest BCUT2D eigenvalue weighted by Crippen LogP contribution is -2.48. The third-order valence-corrected chi connectivity index (χ3v) is 5.44. The number of aryl methyl sites for hydroxylation is 1. The zero-order valence-electron chi connectivity index (χ0n) is 17.0. The SMILES string of the molecule is CC(=O)c1ccc(N2CCN(C(=O)c3cc(C)n(C(C)C)c3C)CC2)cc1. The van der Waals surface area contributed by atoms with Crippen molar-refractivity contribution in [3.8, 4) is 0 Å². The van der Waals surface area contributed by atoms with Gasteiger partial charge in [-0.1, -0.05) is 0 Å². The summed E-state index contributed by atoms with van der Waals surface area (Å²) < 4.78 is 2.22. The summed E-state index contributed by atoms with van der Waals surface area (Å²) in [6, 6.07) is 10.1. The third-order valence-electron chi connectivity index (χ3n) is 5.44. The number of hydrogen-bond acceptors (Lipinski definition) is 3. The van der Waals surface area contributed by atoms with E-state index in [9.17, 15) is 9.59 Å². The van der Waals surface area contributed by atoms with Gasteiger partial charge in [0.25, 0.3) is 5.91 Å². The molecule has 144 valence electrons. The van der Waals surface area contributed by atoms with Gasteiger partial charge in [-0.05, 0) is 65.0 Å². The number of rotatable bonds is 4. The Morgan fingerprint density at radius 3 is 2.04 bits per heavy atom. The van der Waals surface area contributed by atoms with E-state index in [0.29, 0.717) is 19.1 Å². The first kappa shape index (κ1) is 19.2. The largest absolute Gasteiger partial charge is 0.368 e. The molecule has 1 saturated heterocycles. The summed E-state index contributed by atoms with van der Waals surface area (Å²) in [7, 11) is 0. The van der Waals surface area contributed by atoms with Gasteiger partial charge in [-0.3, -0.25) is 9.59 Å². The van der Waals surface area contributed by atoms with Crippen LogP contribution in [-0.4, -0.2) is 47.3 Å². The van der Waals surface area contributed by atoms with E-state index in [2.05, 4.69) is 30.2 Å². The molecule has 1 aromatic carbocycles. The van der Waals surface area contributed by atoms with Crippen molar-refractivity contribution < 1.29 is 9.59 Å². The molecule has 1 aliphatic rings. The summed E-state index contributed by atoms with van der Waals surface area (Å²) in [5.74, 6) is 0.206. The first-order valence-corrected chi connectivity index (χ1v) is 9.63. The van der Waals surface area contributed by atoms with E-state index in [0.717, 1.165) is 41.3 Å². The van der Waals surface area contributed by atoms with E-state index < -0.39 is 0 Å². The summed E-state index contributed by atoms with van der Waals surface area (Å²) in [4.78, 5) is 28.7. The van der Waals surface area contributed by atoms with Crippen molar-refractivity contribution in [2.45, 2.75) is 40.7 Å². The number of aromatic nitrogens is 1. The molecule has 3 rings (SSSR count). The Morgan fingerprint density at radius 2 is 1.56 bits per heavy atom. The molecule has 1 aromatic heterocycles. The van der Waals surface area contributed by atoms with E-state index >= 15 is 0 Å². The van der Waals surface area contributed by atoms with Crippen molar-refractivity contribution in [3.63, 3.8) is 0 Å². The van der Waals surface area contributed by atoms with E-state index in [-0.39, 0.29) is 11.7 Å². The average molecular weight is 367 g/mol. The molecule has 2 heterocycles. The van der Waals surface area contributed by atoms with Gasteiger partial charge in [0, 0.05) is 54.9 Å². The summed E-state index contributed by atoms with van der Waals surface area (Å²) in [6.45, 7) is 13.0. The second-order valence-corrected chi connectivity index (χ2v) is 7.63. The Hall–Kier alpha value is -2.56. The number of ketones is 1. The predicted molar refractivity (Wildman–Crippen MR) is 109 cm³/mol. The fourth-order valence-electron chi connectivity index (χ4n) is 4.03. The molecule has 1 amide bonds. The number of nitrogens with zero attached hydrogens (tertiary/aromatic N) is 3. The molecule has 0 atom stereocenters. The molecule has 0 bridgehead atoms. The predicted octanol–water partition coefficient (Wildman–Crippen LogP) is 3.85. The summed E-state index contributed by atoms with van der Waals surface area (Å²) in [6.07, 6.45) is 0. The maximum Gasteiger partial charge on any atom is 0.255 e. The molecule has 1 fully saturated rings. The van der Waals surface area contributed by atoms with Crippen LogP contribution in [0.2, 0.25) is 0 Å². The molecule has 2 aromatic rings. The van der Waals surface area contributed by atoms with Crippen molar-refractivity contribution in [1.82, 2.24) is 9.47 Å². The van der Waals surface area contributed by atoms with Gasteiger partial charge in [-0.25, -0.2) is 0 Å². The molecule has 27 heavy (non-hydrogen) atoms. The lowest BCUT2D eigenvalue weighted by molar-refractivity contribution is 0.0745. The van der Waals surface area contributed by atoms with E-state index in [1.807, 2.05) is 42.2 Å². The smallest absolute Gasteiger partial charge is 0.255 e. The number of Topliss-reactive ketones (excluding diaryl/α,β-unsaturated/α-hetero) is 1.